The maximum Gasteiger partial charge on any atom is 0.228 e. The highest BCUT2D eigenvalue weighted by Crippen LogP contribution is 2.27. The maximum absolute atomic E-state index is 11.8. The van der Waals surface area contributed by atoms with Crippen LogP contribution >= 0.6 is 0 Å². The summed E-state index contributed by atoms with van der Waals surface area (Å²) in [5, 5.41) is 6.20. The molecule has 4 heteroatoms. The lowest BCUT2D eigenvalue weighted by molar-refractivity contribution is -0.122. The van der Waals surface area contributed by atoms with Crippen LogP contribution in [0.2, 0.25) is 0 Å². The summed E-state index contributed by atoms with van der Waals surface area (Å²) in [5.74, 6) is 0.965. The van der Waals surface area contributed by atoms with E-state index in [1.165, 1.54) is 25.7 Å². The van der Waals surface area contributed by atoms with Crippen molar-refractivity contribution in [3.63, 3.8) is 0 Å². The number of nitrogens with zero attached hydrogens (tertiary/aromatic N) is 1. The number of carbonyl (C=O) groups excluding carboxylic acids is 1. The number of aromatic nitrogens is 1. The van der Waals surface area contributed by atoms with Crippen LogP contribution < -0.4 is 10.6 Å². The van der Waals surface area contributed by atoms with Crippen molar-refractivity contribution in [2.45, 2.75) is 45.4 Å². The second-order valence-electron chi connectivity index (χ2n) is 5.18. The van der Waals surface area contributed by atoms with Gasteiger partial charge in [-0.1, -0.05) is 26.2 Å². The van der Waals surface area contributed by atoms with Gasteiger partial charge in [0.2, 0.25) is 5.91 Å². The third-order valence-corrected chi connectivity index (χ3v) is 3.60. The molecule has 1 aromatic heterocycles. The van der Waals surface area contributed by atoms with Crippen molar-refractivity contribution in [1.82, 2.24) is 4.98 Å². The van der Waals surface area contributed by atoms with Gasteiger partial charge in [-0.2, -0.15) is 0 Å². The summed E-state index contributed by atoms with van der Waals surface area (Å²) in [4.78, 5) is 16.0. The highest BCUT2D eigenvalue weighted by Gasteiger charge is 2.25. The lowest BCUT2D eigenvalue weighted by Crippen LogP contribution is -2.28. The molecule has 0 aliphatic heterocycles. The van der Waals surface area contributed by atoms with Gasteiger partial charge in [0.25, 0.3) is 0 Å². The second kappa shape index (κ2) is 7.12. The number of pyridine rings is 1. The molecule has 1 aliphatic carbocycles. The summed E-state index contributed by atoms with van der Waals surface area (Å²) in [6, 6.07) is 3.83. The molecule has 1 aromatic rings. The Morgan fingerprint density at radius 2 is 2.21 bits per heavy atom. The first-order valence-electron chi connectivity index (χ1n) is 7.30. The zero-order valence-corrected chi connectivity index (χ0v) is 11.6. The molecule has 0 unspecified atom stereocenters. The molecule has 0 spiro atoms. The monoisotopic (exact) mass is 261 g/mol. The molecule has 0 saturated heterocycles. The molecule has 0 radical (unpaired) electrons. The van der Waals surface area contributed by atoms with Crippen molar-refractivity contribution in [3.8, 4) is 0 Å². The molecule has 19 heavy (non-hydrogen) atoms. The van der Waals surface area contributed by atoms with E-state index < -0.39 is 0 Å². The molecule has 104 valence electrons. The minimum absolute atomic E-state index is 0.113. The Morgan fingerprint density at radius 3 is 2.79 bits per heavy atom. The van der Waals surface area contributed by atoms with E-state index in [4.69, 9.17) is 0 Å². The largest absolute Gasteiger partial charge is 0.384 e. The lowest BCUT2D eigenvalue weighted by atomic mass is 9.85. The fraction of sp³-hybridized carbons (Fsp3) is 0.600. The van der Waals surface area contributed by atoms with Crippen molar-refractivity contribution in [3.05, 3.63) is 18.3 Å². The van der Waals surface area contributed by atoms with Gasteiger partial charge in [-0.25, -0.2) is 4.98 Å². The molecule has 0 bridgehead atoms. The molecule has 0 aromatic carbocycles. The highest BCUT2D eigenvalue weighted by atomic mass is 16.2. The molecule has 1 saturated carbocycles. The average Bonchev–Trinajstić information content (AvgIpc) is 2.34. The highest BCUT2D eigenvalue weighted by molar-refractivity contribution is 5.92. The van der Waals surface area contributed by atoms with Gasteiger partial charge in [-0.15, -0.1) is 0 Å². The third kappa shape index (κ3) is 4.23. The fourth-order valence-corrected chi connectivity index (χ4v) is 2.08. The van der Waals surface area contributed by atoms with Crippen LogP contribution in [0.1, 0.15) is 45.4 Å². The van der Waals surface area contributed by atoms with Crippen LogP contribution in [-0.4, -0.2) is 17.4 Å². The minimum Gasteiger partial charge on any atom is -0.384 e. The molecule has 1 amide bonds. The van der Waals surface area contributed by atoms with Crippen molar-refractivity contribution in [2.75, 3.05) is 17.2 Å². The Labute approximate surface area is 115 Å². The van der Waals surface area contributed by atoms with Crippen LogP contribution in [0.25, 0.3) is 0 Å². The van der Waals surface area contributed by atoms with E-state index in [0.29, 0.717) is 5.82 Å². The van der Waals surface area contributed by atoms with Crippen LogP contribution in [0.4, 0.5) is 11.5 Å². The van der Waals surface area contributed by atoms with Crippen LogP contribution in [-0.2, 0) is 4.79 Å². The Morgan fingerprint density at radius 1 is 1.37 bits per heavy atom. The number of hydrogen-bond donors (Lipinski definition) is 2. The first kappa shape index (κ1) is 13.8. The number of hydrogen-bond acceptors (Lipinski definition) is 3. The number of unbranched alkanes of at least 4 members (excludes halogenated alkanes) is 2. The van der Waals surface area contributed by atoms with E-state index in [-0.39, 0.29) is 11.8 Å². The Kier molecular flexibility index (Phi) is 5.19. The molecule has 4 nitrogen and oxygen atoms in total. The van der Waals surface area contributed by atoms with E-state index >= 15 is 0 Å². The van der Waals surface area contributed by atoms with Gasteiger partial charge in [0, 0.05) is 12.5 Å². The average molecular weight is 261 g/mol. The molecular weight excluding hydrogens is 238 g/mol. The van der Waals surface area contributed by atoms with Gasteiger partial charge in [0.1, 0.15) is 5.82 Å². The molecule has 2 N–H and O–H groups in total. The Hall–Kier alpha value is -1.58. The van der Waals surface area contributed by atoms with Crippen LogP contribution in [0.15, 0.2) is 18.3 Å². The molecular formula is C15H23N3O. The quantitative estimate of drug-likeness (QED) is 0.739. The smallest absolute Gasteiger partial charge is 0.228 e. The van der Waals surface area contributed by atoms with Gasteiger partial charge < -0.3 is 10.6 Å². The number of rotatable bonds is 7. The summed E-state index contributed by atoms with van der Waals surface area (Å²) in [6.07, 6.45) is 8.64. The first-order valence-corrected chi connectivity index (χ1v) is 7.30. The molecule has 1 heterocycles. The van der Waals surface area contributed by atoms with Gasteiger partial charge in [0.05, 0.1) is 11.9 Å². The normalized spacial score (nSPS) is 14.8. The predicted molar refractivity (Wildman–Crippen MR) is 78.2 cm³/mol. The molecule has 1 aliphatic rings. The minimum atomic E-state index is 0.113. The zero-order chi connectivity index (χ0) is 13.5. The van der Waals surface area contributed by atoms with Gasteiger partial charge in [-0.3, -0.25) is 4.79 Å². The molecule has 1 fully saturated rings. The van der Waals surface area contributed by atoms with Crippen molar-refractivity contribution < 1.29 is 4.79 Å². The lowest BCUT2D eigenvalue weighted by Gasteiger charge is -2.23. The summed E-state index contributed by atoms with van der Waals surface area (Å²) < 4.78 is 0. The van der Waals surface area contributed by atoms with E-state index in [0.717, 1.165) is 25.1 Å². The van der Waals surface area contributed by atoms with Gasteiger partial charge >= 0.3 is 0 Å². The van der Waals surface area contributed by atoms with Crippen LogP contribution in [0, 0.1) is 5.92 Å². The summed E-state index contributed by atoms with van der Waals surface area (Å²) in [5.41, 5.74) is 1.01. The van der Waals surface area contributed by atoms with Crippen LogP contribution in [0.3, 0.4) is 0 Å². The van der Waals surface area contributed by atoms with Gasteiger partial charge in [-0.05, 0) is 31.4 Å². The molecule has 2 rings (SSSR count). The number of carbonyl (C=O) groups is 1. The SMILES string of the molecule is CCCCCNc1ccc(NC(=O)C2CCC2)nc1. The van der Waals surface area contributed by atoms with E-state index in [2.05, 4.69) is 22.5 Å². The summed E-state index contributed by atoms with van der Waals surface area (Å²) in [6.45, 7) is 3.17. The van der Waals surface area contributed by atoms with Crippen molar-refractivity contribution in [2.24, 2.45) is 5.92 Å². The Bertz CT molecular complexity index is 398. The number of amides is 1. The van der Waals surface area contributed by atoms with Crippen molar-refractivity contribution in [1.29, 1.82) is 0 Å². The number of nitrogens with one attached hydrogen (secondary N) is 2. The van der Waals surface area contributed by atoms with Crippen molar-refractivity contribution >= 4 is 17.4 Å². The maximum atomic E-state index is 11.8. The fourth-order valence-electron chi connectivity index (χ4n) is 2.08. The zero-order valence-electron chi connectivity index (χ0n) is 11.6. The Balaban J connectivity index is 1.75. The van der Waals surface area contributed by atoms with E-state index in [1.807, 2.05) is 12.1 Å². The summed E-state index contributed by atoms with van der Waals surface area (Å²) in [7, 11) is 0. The summed E-state index contributed by atoms with van der Waals surface area (Å²) >= 11 is 0. The number of anilines is 2. The molecule has 0 atom stereocenters. The van der Waals surface area contributed by atoms with E-state index in [1.54, 1.807) is 6.20 Å². The second-order valence-corrected chi connectivity index (χ2v) is 5.18. The topological polar surface area (TPSA) is 54.0 Å². The third-order valence-electron chi connectivity index (χ3n) is 3.60. The standard InChI is InChI=1S/C15H23N3O/c1-2-3-4-10-16-13-8-9-14(17-11-13)18-15(19)12-6-5-7-12/h8-9,11-12,16H,2-7,10H2,1H3,(H,17,18,19). The van der Waals surface area contributed by atoms with E-state index in [9.17, 15) is 4.79 Å². The van der Waals surface area contributed by atoms with Gasteiger partial charge in [0.15, 0.2) is 0 Å². The first-order chi connectivity index (χ1) is 9.29. The van der Waals surface area contributed by atoms with Crippen LogP contribution in [0.5, 0.6) is 0 Å². The predicted octanol–water partition coefficient (Wildman–Crippen LogP) is 3.42.